The highest BCUT2D eigenvalue weighted by Crippen LogP contribution is 2.29. The van der Waals surface area contributed by atoms with Crippen LogP contribution in [-0.2, 0) is 6.54 Å². The van der Waals surface area contributed by atoms with Crippen molar-refractivity contribution in [3.63, 3.8) is 0 Å². The first-order valence-corrected chi connectivity index (χ1v) is 13.4. The van der Waals surface area contributed by atoms with E-state index in [1.807, 2.05) is 53.4 Å². The van der Waals surface area contributed by atoms with E-state index in [0.29, 0.717) is 30.8 Å². The third-order valence-corrected chi connectivity index (χ3v) is 7.51. The van der Waals surface area contributed by atoms with Crippen molar-refractivity contribution in [2.24, 2.45) is 0 Å². The van der Waals surface area contributed by atoms with Gasteiger partial charge in [-0.05, 0) is 54.4 Å². The lowest BCUT2D eigenvalue weighted by molar-refractivity contribution is 0.0626. The molecule has 0 spiro atoms. The highest BCUT2D eigenvalue weighted by atomic mass is 19.1. The smallest absolute Gasteiger partial charge is 0.253 e. The summed E-state index contributed by atoms with van der Waals surface area (Å²) in [5, 5.41) is 0. The molecule has 0 saturated carbocycles. The minimum atomic E-state index is -0.347. The summed E-state index contributed by atoms with van der Waals surface area (Å²) in [4.78, 5) is 33.8. The first-order chi connectivity index (χ1) is 19.5. The van der Waals surface area contributed by atoms with Crippen molar-refractivity contribution < 1.29 is 14.0 Å². The Balaban J connectivity index is 1.28. The molecule has 0 radical (unpaired) electrons. The average Bonchev–Trinajstić information content (AvgIpc) is 3.35. The molecule has 1 aliphatic heterocycles. The van der Waals surface area contributed by atoms with Crippen LogP contribution in [0.4, 0.5) is 4.39 Å². The number of ketones is 1. The van der Waals surface area contributed by atoms with Gasteiger partial charge in [0.1, 0.15) is 11.5 Å². The summed E-state index contributed by atoms with van der Waals surface area (Å²) in [7, 11) is 0. The monoisotopic (exact) mass is 532 g/mol. The van der Waals surface area contributed by atoms with Crippen LogP contribution in [0.5, 0.6) is 0 Å². The number of halogens is 1. The largest absolute Gasteiger partial charge is 0.336 e. The molecule has 6 nitrogen and oxygen atoms in total. The first kappa shape index (κ1) is 25.6. The number of carbonyl (C=O) groups excluding carboxylic acids is 2. The van der Waals surface area contributed by atoms with Gasteiger partial charge in [-0.2, -0.15) is 0 Å². The summed E-state index contributed by atoms with van der Waals surface area (Å²) in [6.07, 6.45) is 2.11. The second-order valence-corrected chi connectivity index (χ2v) is 10.1. The van der Waals surface area contributed by atoms with E-state index >= 15 is 0 Å². The summed E-state index contributed by atoms with van der Waals surface area (Å²) < 4.78 is 15.5. The standard InChI is InChI=1S/C33H29FN4O2/c1-23(39)24-7-9-25(10-8-24)28-13-16-31-35-32(26-5-3-2-4-6-26)30(38(31)21-28)22-36-17-19-37(20-18-36)33(40)27-11-14-29(34)15-12-27/h2-16,21H,17-20,22H2,1H3. The lowest BCUT2D eigenvalue weighted by atomic mass is 10.0. The Labute approximate surface area is 232 Å². The summed E-state index contributed by atoms with van der Waals surface area (Å²) in [5.41, 5.74) is 7.21. The molecule has 7 heteroatoms. The molecule has 200 valence electrons. The van der Waals surface area contributed by atoms with Crippen molar-refractivity contribution >= 4 is 17.3 Å². The van der Waals surface area contributed by atoms with Crippen LogP contribution in [0.15, 0.2) is 97.2 Å². The lowest BCUT2D eigenvalue weighted by Gasteiger charge is -2.34. The highest BCUT2D eigenvalue weighted by Gasteiger charge is 2.24. The van der Waals surface area contributed by atoms with E-state index in [0.717, 1.165) is 46.8 Å². The highest BCUT2D eigenvalue weighted by molar-refractivity contribution is 5.95. The number of rotatable bonds is 6. The van der Waals surface area contributed by atoms with E-state index < -0.39 is 0 Å². The number of hydrogen-bond acceptors (Lipinski definition) is 4. The minimum Gasteiger partial charge on any atom is -0.336 e. The van der Waals surface area contributed by atoms with Crippen LogP contribution in [0.3, 0.4) is 0 Å². The van der Waals surface area contributed by atoms with Crippen LogP contribution in [0.2, 0.25) is 0 Å². The molecule has 3 heterocycles. The lowest BCUT2D eigenvalue weighted by Crippen LogP contribution is -2.48. The van der Waals surface area contributed by atoms with Gasteiger partial charge in [-0.15, -0.1) is 0 Å². The second kappa shape index (κ2) is 10.9. The van der Waals surface area contributed by atoms with Gasteiger partial charge in [0.05, 0.1) is 11.4 Å². The van der Waals surface area contributed by atoms with Gasteiger partial charge in [-0.25, -0.2) is 9.37 Å². The molecule has 1 aliphatic rings. The van der Waals surface area contributed by atoms with Crippen LogP contribution in [0.25, 0.3) is 28.0 Å². The molecule has 40 heavy (non-hydrogen) atoms. The molecular weight excluding hydrogens is 503 g/mol. The number of aromatic nitrogens is 2. The fourth-order valence-corrected chi connectivity index (χ4v) is 5.24. The predicted octanol–water partition coefficient (Wildman–Crippen LogP) is 5.97. The zero-order valence-electron chi connectivity index (χ0n) is 22.3. The number of piperazine rings is 1. The number of amides is 1. The van der Waals surface area contributed by atoms with Crippen molar-refractivity contribution in [3.8, 4) is 22.4 Å². The van der Waals surface area contributed by atoms with Crippen molar-refractivity contribution in [3.05, 3.63) is 120 Å². The normalized spacial score (nSPS) is 14.0. The van der Waals surface area contributed by atoms with Gasteiger partial charge in [-0.1, -0.05) is 54.6 Å². The van der Waals surface area contributed by atoms with Crippen molar-refractivity contribution in [1.82, 2.24) is 19.2 Å². The molecule has 1 fully saturated rings. The Morgan fingerprint density at radius 3 is 2.08 bits per heavy atom. The number of benzene rings is 3. The fraction of sp³-hybridized carbons (Fsp3) is 0.182. The molecule has 6 rings (SSSR count). The Hall–Kier alpha value is -4.62. The summed E-state index contributed by atoms with van der Waals surface area (Å²) in [5.74, 6) is -0.370. The number of pyridine rings is 1. The molecule has 0 aliphatic carbocycles. The maximum atomic E-state index is 13.3. The Morgan fingerprint density at radius 1 is 0.750 bits per heavy atom. The molecular formula is C33H29FN4O2. The summed E-state index contributed by atoms with van der Waals surface area (Å²) >= 11 is 0. The van der Waals surface area contributed by atoms with Crippen LogP contribution in [0, 0.1) is 5.82 Å². The Bertz CT molecular complexity index is 1670. The van der Waals surface area contributed by atoms with Gasteiger partial charge >= 0.3 is 0 Å². The molecule has 1 amide bonds. The van der Waals surface area contributed by atoms with E-state index in [1.54, 1.807) is 19.1 Å². The van der Waals surface area contributed by atoms with E-state index in [-0.39, 0.29) is 17.5 Å². The van der Waals surface area contributed by atoms with Gasteiger partial charge in [0.2, 0.25) is 0 Å². The van der Waals surface area contributed by atoms with Crippen LogP contribution in [0.1, 0.15) is 33.3 Å². The zero-order chi connectivity index (χ0) is 27.6. The van der Waals surface area contributed by atoms with Crippen LogP contribution < -0.4 is 0 Å². The van der Waals surface area contributed by atoms with Gasteiger partial charge in [0.15, 0.2) is 5.78 Å². The summed E-state index contributed by atoms with van der Waals surface area (Å²) in [6, 6.07) is 27.7. The quantitative estimate of drug-likeness (QED) is 0.253. The van der Waals surface area contributed by atoms with E-state index in [4.69, 9.17) is 4.98 Å². The number of Topliss-reactive ketones (excluding diaryl/α,β-unsaturated/α-hetero) is 1. The molecule has 1 saturated heterocycles. The second-order valence-electron chi connectivity index (χ2n) is 10.1. The topological polar surface area (TPSA) is 57.9 Å². The molecule has 3 aromatic carbocycles. The fourth-order valence-electron chi connectivity index (χ4n) is 5.24. The van der Waals surface area contributed by atoms with Crippen molar-refractivity contribution in [2.45, 2.75) is 13.5 Å². The SMILES string of the molecule is CC(=O)c1ccc(-c2ccc3nc(-c4ccccc4)c(CN4CCN(C(=O)c5ccc(F)cc5)CC4)n3c2)cc1. The van der Waals surface area contributed by atoms with E-state index in [9.17, 15) is 14.0 Å². The van der Waals surface area contributed by atoms with Crippen molar-refractivity contribution in [2.75, 3.05) is 26.2 Å². The third-order valence-electron chi connectivity index (χ3n) is 7.51. The molecule has 2 aromatic heterocycles. The number of imidazole rings is 1. The minimum absolute atomic E-state index is 0.0471. The van der Waals surface area contributed by atoms with Gasteiger partial charge in [-0.3, -0.25) is 14.5 Å². The number of nitrogens with zero attached hydrogens (tertiary/aromatic N) is 4. The van der Waals surface area contributed by atoms with Crippen LogP contribution in [-0.4, -0.2) is 57.1 Å². The Morgan fingerprint density at radius 2 is 1.40 bits per heavy atom. The summed E-state index contributed by atoms with van der Waals surface area (Å²) in [6.45, 7) is 4.89. The Kier molecular flexibility index (Phi) is 6.97. The maximum Gasteiger partial charge on any atom is 0.253 e. The van der Waals surface area contributed by atoms with Gasteiger partial charge < -0.3 is 9.30 Å². The zero-order valence-corrected chi connectivity index (χ0v) is 22.3. The van der Waals surface area contributed by atoms with E-state index in [2.05, 4.69) is 33.7 Å². The van der Waals surface area contributed by atoms with Crippen molar-refractivity contribution in [1.29, 1.82) is 0 Å². The van der Waals surface area contributed by atoms with Crippen LogP contribution >= 0.6 is 0 Å². The average molecular weight is 533 g/mol. The molecule has 0 N–H and O–H groups in total. The van der Waals surface area contributed by atoms with Gasteiger partial charge in [0, 0.05) is 55.6 Å². The molecule has 0 unspecified atom stereocenters. The number of carbonyl (C=O) groups is 2. The maximum absolute atomic E-state index is 13.3. The first-order valence-electron chi connectivity index (χ1n) is 13.4. The third kappa shape index (κ3) is 5.16. The molecule has 0 bridgehead atoms. The predicted molar refractivity (Wildman–Crippen MR) is 154 cm³/mol. The van der Waals surface area contributed by atoms with E-state index in [1.165, 1.54) is 12.1 Å². The number of fused-ring (bicyclic) bond motifs is 1. The van der Waals surface area contributed by atoms with Gasteiger partial charge in [0.25, 0.3) is 5.91 Å². The molecule has 0 atom stereocenters. The molecule has 5 aromatic rings. The number of hydrogen-bond donors (Lipinski definition) is 0.